The van der Waals surface area contributed by atoms with Gasteiger partial charge in [0, 0.05) is 11.1 Å². The molecule has 1 aromatic carbocycles. The van der Waals surface area contributed by atoms with Gasteiger partial charge in [0.1, 0.15) is 5.60 Å². The van der Waals surface area contributed by atoms with Gasteiger partial charge in [-0.1, -0.05) is 18.2 Å². The highest BCUT2D eigenvalue weighted by molar-refractivity contribution is 6.03. The topological polar surface area (TPSA) is 62.2 Å². The number of nitrogens with one attached hydrogen (secondary N) is 1. The number of nitrogens with zero attached hydrogens (tertiary/aromatic N) is 1. The second-order valence-electron chi connectivity index (χ2n) is 4.84. The summed E-state index contributed by atoms with van der Waals surface area (Å²) in [4.78, 5) is 16.2. The molecule has 4 heteroatoms. The summed E-state index contributed by atoms with van der Waals surface area (Å²) in [6, 6.07) is 9.43. The van der Waals surface area contributed by atoms with Gasteiger partial charge in [0.2, 0.25) is 0 Å². The van der Waals surface area contributed by atoms with E-state index in [-0.39, 0.29) is 0 Å². The van der Waals surface area contributed by atoms with Crippen LogP contribution in [0.15, 0.2) is 30.3 Å². The number of carbonyl (C=O) groups excluding carboxylic acids is 1. The fraction of sp³-hybridized carbons (Fsp3) is 0.286. The van der Waals surface area contributed by atoms with Gasteiger partial charge in [-0.25, -0.2) is 0 Å². The summed E-state index contributed by atoms with van der Waals surface area (Å²) in [5.74, 6) is -0.446. The maximum Gasteiger partial charge on any atom is 0.255 e. The number of aromatic nitrogens is 1. The fourth-order valence-corrected chi connectivity index (χ4v) is 1.62. The highest BCUT2D eigenvalue weighted by Crippen LogP contribution is 2.22. The van der Waals surface area contributed by atoms with E-state index in [1.165, 1.54) is 13.8 Å². The summed E-state index contributed by atoms with van der Waals surface area (Å²) >= 11 is 0. The zero-order chi connectivity index (χ0) is 13.3. The van der Waals surface area contributed by atoms with Gasteiger partial charge in [-0.15, -0.1) is 0 Å². The van der Waals surface area contributed by atoms with Crippen molar-refractivity contribution >= 4 is 22.5 Å². The number of aliphatic hydroxyl groups is 1. The van der Waals surface area contributed by atoms with Gasteiger partial charge in [0.05, 0.1) is 11.2 Å². The zero-order valence-electron chi connectivity index (χ0n) is 10.7. The lowest BCUT2D eigenvalue weighted by Crippen LogP contribution is -2.36. The smallest absolute Gasteiger partial charge is 0.255 e. The second kappa shape index (κ2) is 4.38. The van der Waals surface area contributed by atoms with Crippen LogP contribution in [-0.2, 0) is 4.79 Å². The van der Waals surface area contributed by atoms with Crippen LogP contribution in [0.1, 0.15) is 19.5 Å². The molecule has 0 saturated carbocycles. The van der Waals surface area contributed by atoms with Gasteiger partial charge in [-0.2, -0.15) is 0 Å². The predicted molar refractivity (Wildman–Crippen MR) is 71.4 cm³/mol. The Kier molecular flexibility index (Phi) is 3.05. The standard InChI is InChI=1S/C14H16N2O2/c1-9-7-8-10-5-4-6-11(12(10)15-9)16-13(17)14(2,3)18/h4-8,18H,1-3H3,(H,16,17). The molecule has 0 aliphatic carbocycles. The lowest BCUT2D eigenvalue weighted by molar-refractivity contribution is -0.130. The largest absolute Gasteiger partial charge is 0.381 e. The van der Waals surface area contributed by atoms with Crippen LogP contribution in [-0.4, -0.2) is 21.6 Å². The minimum Gasteiger partial charge on any atom is -0.381 e. The van der Waals surface area contributed by atoms with Gasteiger partial charge in [-0.05, 0) is 32.9 Å². The number of carbonyl (C=O) groups is 1. The third-order valence-corrected chi connectivity index (χ3v) is 2.66. The van der Waals surface area contributed by atoms with Crippen LogP contribution < -0.4 is 5.32 Å². The molecule has 0 fully saturated rings. The predicted octanol–water partition coefficient (Wildman–Crippen LogP) is 2.25. The van der Waals surface area contributed by atoms with E-state index in [1.54, 1.807) is 6.07 Å². The Balaban J connectivity index is 2.45. The lowest BCUT2D eigenvalue weighted by Gasteiger charge is -2.17. The number of rotatable bonds is 2. The van der Waals surface area contributed by atoms with Crippen molar-refractivity contribution < 1.29 is 9.90 Å². The molecule has 0 saturated heterocycles. The summed E-state index contributed by atoms with van der Waals surface area (Å²) in [7, 11) is 0. The fourth-order valence-electron chi connectivity index (χ4n) is 1.62. The molecule has 2 rings (SSSR count). The molecule has 0 atom stereocenters. The molecule has 2 N–H and O–H groups in total. The highest BCUT2D eigenvalue weighted by Gasteiger charge is 2.24. The minimum atomic E-state index is -1.41. The van der Waals surface area contributed by atoms with E-state index in [9.17, 15) is 9.90 Å². The summed E-state index contributed by atoms with van der Waals surface area (Å²) in [6.07, 6.45) is 0. The lowest BCUT2D eigenvalue weighted by atomic mass is 10.1. The third kappa shape index (κ3) is 2.49. The van der Waals surface area contributed by atoms with Crippen molar-refractivity contribution in [1.29, 1.82) is 0 Å². The molecule has 0 radical (unpaired) electrons. The van der Waals surface area contributed by atoms with E-state index >= 15 is 0 Å². The van der Waals surface area contributed by atoms with E-state index in [1.807, 2.05) is 31.2 Å². The molecule has 0 bridgehead atoms. The van der Waals surface area contributed by atoms with Crippen molar-refractivity contribution in [2.24, 2.45) is 0 Å². The van der Waals surface area contributed by atoms with E-state index in [0.717, 1.165) is 16.6 Å². The summed E-state index contributed by atoms with van der Waals surface area (Å²) in [6.45, 7) is 4.80. The highest BCUT2D eigenvalue weighted by atomic mass is 16.3. The van der Waals surface area contributed by atoms with Crippen molar-refractivity contribution in [2.75, 3.05) is 5.32 Å². The zero-order valence-corrected chi connectivity index (χ0v) is 10.7. The monoisotopic (exact) mass is 244 g/mol. The quantitative estimate of drug-likeness (QED) is 0.851. The average Bonchev–Trinajstić information content (AvgIpc) is 2.28. The van der Waals surface area contributed by atoms with Crippen molar-refractivity contribution in [1.82, 2.24) is 4.98 Å². The van der Waals surface area contributed by atoms with E-state index in [2.05, 4.69) is 10.3 Å². The molecule has 0 aliphatic heterocycles. The number of aryl methyl sites for hydroxylation is 1. The molecule has 94 valence electrons. The summed E-state index contributed by atoms with van der Waals surface area (Å²) in [5.41, 5.74) is 0.817. The van der Waals surface area contributed by atoms with Gasteiger partial charge in [-0.3, -0.25) is 9.78 Å². The van der Waals surface area contributed by atoms with Gasteiger partial charge in [0.15, 0.2) is 0 Å². The maximum absolute atomic E-state index is 11.8. The molecule has 1 amide bonds. The van der Waals surface area contributed by atoms with Crippen LogP contribution in [0.5, 0.6) is 0 Å². The second-order valence-corrected chi connectivity index (χ2v) is 4.84. The number of fused-ring (bicyclic) bond motifs is 1. The Labute approximate surface area is 106 Å². The van der Waals surface area contributed by atoms with Crippen LogP contribution in [0.4, 0.5) is 5.69 Å². The first-order chi connectivity index (χ1) is 8.38. The van der Waals surface area contributed by atoms with Crippen LogP contribution >= 0.6 is 0 Å². The number of hydrogen-bond donors (Lipinski definition) is 2. The van der Waals surface area contributed by atoms with E-state index in [0.29, 0.717) is 5.69 Å². The number of pyridine rings is 1. The molecule has 4 nitrogen and oxygen atoms in total. The molecular weight excluding hydrogens is 228 g/mol. The van der Waals surface area contributed by atoms with E-state index < -0.39 is 11.5 Å². The minimum absolute atomic E-state index is 0.446. The SMILES string of the molecule is Cc1ccc2cccc(NC(=O)C(C)(C)O)c2n1. The molecule has 1 heterocycles. The normalized spacial score (nSPS) is 11.6. The molecule has 0 unspecified atom stereocenters. The van der Waals surface area contributed by atoms with Gasteiger partial charge in [0.25, 0.3) is 5.91 Å². The first-order valence-electron chi connectivity index (χ1n) is 5.78. The number of para-hydroxylation sites is 1. The summed E-state index contributed by atoms with van der Waals surface area (Å²) < 4.78 is 0. The molecule has 2 aromatic rings. The Morgan fingerprint density at radius 3 is 2.67 bits per heavy atom. The Bertz CT molecular complexity index is 600. The Morgan fingerprint density at radius 2 is 2.00 bits per heavy atom. The van der Waals surface area contributed by atoms with Gasteiger partial charge >= 0.3 is 0 Å². The average molecular weight is 244 g/mol. The van der Waals surface area contributed by atoms with Crippen LogP contribution in [0, 0.1) is 6.92 Å². The van der Waals surface area contributed by atoms with Crippen LogP contribution in [0.25, 0.3) is 10.9 Å². The van der Waals surface area contributed by atoms with Gasteiger partial charge < -0.3 is 10.4 Å². The Hall–Kier alpha value is -1.94. The van der Waals surface area contributed by atoms with Crippen molar-refractivity contribution in [3.63, 3.8) is 0 Å². The summed E-state index contributed by atoms with van der Waals surface area (Å²) in [5, 5.41) is 13.3. The molecule has 1 aromatic heterocycles. The Morgan fingerprint density at radius 1 is 1.28 bits per heavy atom. The number of amides is 1. The number of benzene rings is 1. The molecule has 0 spiro atoms. The molecule has 18 heavy (non-hydrogen) atoms. The first kappa shape index (κ1) is 12.5. The third-order valence-electron chi connectivity index (χ3n) is 2.66. The van der Waals surface area contributed by atoms with Crippen LogP contribution in [0.3, 0.4) is 0 Å². The molecular formula is C14H16N2O2. The van der Waals surface area contributed by atoms with Crippen LogP contribution in [0.2, 0.25) is 0 Å². The number of anilines is 1. The van der Waals surface area contributed by atoms with Crippen molar-refractivity contribution in [3.05, 3.63) is 36.0 Å². The maximum atomic E-state index is 11.8. The first-order valence-corrected chi connectivity index (χ1v) is 5.78. The van der Waals surface area contributed by atoms with Crippen molar-refractivity contribution in [3.8, 4) is 0 Å². The number of hydrogen-bond acceptors (Lipinski definition) is 3. The molecule has 0 aliphatic rings. The van der Waals surface area contributed by atoms with Crippen molar-refractivity contribution in [2.45, 2.75) is 26.4 Å². The van der Waals surface area contributed by atoms with E-state index in [4.69, 9.17) is 0 Å².